The zero-order valence-electron chi connectivity index (χ0n) is 23.7. The number of likely N-dealkylation sites (tertiary alicyclic amines) is 1. The highest BCUT2D eigenvalue weighted by atomic mass is 32.1. The number of hydrogen-bond acceptors (Lipinski definition) is 9. The molecule has 3 fully saturated rings. The third-order valence-electron chi connectivity index (χ3n) is 8.42. The molecule has 214 valence electrons. The number of fused-ring (bicyclic) bond motifs is 1. The summed E-state index contributed by atoms with van der Waals surface area (Å²) in [7, 11) is 0. The van der Waals surface area contributed by atoms with Crippen LogP contribution >= 0.6 is 11.3 Å². The van der Waals surface area contributed by atoms with Crippen LogP contribution < -0.4 is 4.90 Å². The molecule has 41 heavy (non-hydrogen) atoms. The Balaban J connectivity index is 1.09. The van der Waals surface area contributed by atoms with E-state index in [-0.39, 0.29) is 17.9 Å². The van der Waals surface area contributed by atoms with Crippen LogP contribution in [-0.4, -0.2) is 73.3 Å². The van der Waals surface area contributed by atoms with E-state index in [2.05, 4.69) is 38.5 Å². The molecule has 7 rings (SSSR count). The summed E-state index contributed by atoms with van der Waals surface area (Å²) in [6, 6.07) is 8.27. The van der Waals surface area contributed by atoms with Crippen LogP contribution in [-0.2, 0) is 9.47 Å². The van der Waals surface area contributed by atoms with Crippen LogP contribution in [0, 0.1) is 0 Å². The van der Waals surface area contributed by atoms with Gasteiger partial charge in [0.15, 0.2) is 5.82 Å². The Morgan fingerprint density at radius 2 is 1.95 bits per heavy atom. The second-order valence-electron chi connectivity index (χ2n) is 12.3. The van der Waals surface area contributed by atoms with Gasteiger partial charge in [0.25, 0.3) is 0 Å². The Labute approximate surface area is 243 Å². The maximum absolute atomic E-state index is 12.8. The molecular formula is C30H35N7O3S. The molecule has 3 aromatic heterocycles. The number of hydrogen-bond donors (Lipinski definition) is 0. The van der Waals surface area contributed by atoms with Gasteiger partial charge in [0.1, 0.15) is 11.8 Å². The molecule has 10 nitrogen and oxygen atoms in total. The van der Waals surface area contributed by atoms with Crippen molar-refractivity contribution in [2.24, 2.45) is 0 Å². The SMILES string of the molecule is CC(C)(C)OC(=O)N1CCC12CCN(c1ccc(-c3ccc(-c4cnn(C5CCCCO5)c4)c4ncsc34)nn1)C2. The molecular weight excluding hydrogens is 538 g/mol. The van der Waals surface area contributed by atoms with Crippen LogP contribution in [0.2, 0.25) is 0 Å². The number of rotatable bonds is 4. The van der Waals surface area contributed by atoms with Gasteiger partial charge in [0.2, 0.25) is 0 Å². The monoisotopic (exact) mass is 573 g/mol. The van der Waals surface area contributed by atoms with Gasteiger partial charge >= 0.3 is 6.09 Å². The van der Waals surface area contributed by atoms with Crippen molar-refractivity contribution in [1.82, 2.24) is 29.9 Å². The summed E-state index contributed by atoms with van der Waals surface area (Å²) in [4.78, 5) is 21.6. The minimum Gasteiger partial charge on any atom is -0.444 e. The van der Waals surface area contributed by atoms with Gasteiger partial charge < -0.3 is 19.3 Å². The maximum atomic E-state index is 12.8. The molecule has 4 aromatic rings. The van der Waals surface area contributed by atoms with E-state index in [1.807, 2.05) is 54.2 Å². The predicted octanol–water partition coefficient (Wildman–Crippen LogP) is 5.91. The van der Waals surface area contributed by atoms with Crippen LogP contribution in [0.1, 0.15) is 59.1 Å². The smallest absolute Gasteiger partial charge is 0.410 e. The average molecular weight is 574 g/mol. The number of carbonyl (C=O) groups excluding carboxylic acids is 1. The van der Waals surface area contributed by atoms with Crippen LogP contribution in [0.15, 0.2) is 42.2 Å². The quantitative estimate of drug-likeness (QED) is 0.297. The van der Waals surface area contributed by atoms with E-state index in [4.69, 9.17) is 14.5 Å². The van der Waals surface area contributed by atoms with Gasteiger partial charge in [-0.2, -0.15) is 5.10 Å². The molecule has 11 heteroatoms. The normalized spacial score (nSPS) is 22.9. The highest BCUT2D eigenvalue weighted by Crippen LogP contribution is 2.42. The lowest BCUT2D eigenvalue weighted by atomic mass is 9.84. The molecule has 1 spiro atoms. The molecule has 1 amide bonds. The van der Waals surface area contributed by atoms with Gasteiger partial charge in [0, 0.05) is 49.1 Å². The number of aromatic nitrogens is 5. The van der Waals surface area contributed by atoms with E-state index in [0.717, 1.165) is 96.8 Å². The minimum absolute atomic E-state index is 0.00616. The van der Waals surface area contributed by atoms with E-state index in [1.54, 1.807) is 11.3 Å². The highest BCUT2D eigenvalue weighted by Gasteiger charge is 2.53. The van der Waals surface area contributed by atoms with E-state index in [0.29, 0.717) is 0 Å². The second kappa shape index (κ2) is 10.1. The maximum Gasteiger partial charge on any atom is 0.410 e. The van der Waals surface area contributed by atoms with E-state index in [9.17, 15) is 4.79 Å². The number of anilines is 1. The summed E-state index contributed by atoms with van der Waals surface area (Å²) in [5.41, 5.74) is 6.06. The molecule has 3 saturated heterocycles. The van der Waals surface area contributed by atoms with E-state index >= 15 is 0 Å². The molecule has 3 aliphatic heterocycles. The highest BCUT2D eigenvalue weighted by molar-refractivity contribution is 7.17. The number of carbonyl (C=O) groups is 1. The summed E-state index contributed by atoms with van der Waals surface area (Å²) in [6.07, 6.45) is 8.89. The number of benzene rings is 1. The number of amides is 1. The lowest BCUT2D eigenvalue weighted by molar-refractivity contribution is -0.0394. The lowest BCUT2D eigenvalue weighted by Crippen LogP contribution is -2.64. The van der Waals surface area contributed by atoms with Crippen molar-refractivity contribution in [2.75, 3.05) is 31.1 Å². The van der Waals surface area contributed by atoms with Crippen LogP contribution in [0.5, 0.6) is 0 Å². The second-order valence-corrected chi connectivity index (χ2v) is 13.1. The number of thiazole rings is 1. The Hall–Kier alpha value is -3.57. The first kappa shape index (κ1) is 26.3. The molecule has 1 aromatic carbocycles. The van der Waals surface area contributed by atoms with Crippen LogP contribution in [0.4, 0.5) is 10.6 Å². The Morgan fingerprint density at radius 1 is 1.10 bits per heavy atom. The first-order valence-corrected chi connectivity index (χ1v) is 15.3. The van der Waals surface area contributed by atoms with Crippen molar-refractivity contribution in [3.63, 3.8) is 0 Å². The molecule has 0 N–H and O–H groups in total. The van der Waals surface area contributed by atoms with Crippen molar-refractivity contribution in [3.05, 3.63) is 42.2 Å². The van der Waals surface area contributed by atoms with E-state index in [1.165, 1.54) is 0 Å². The molecule has 0 aliphatic carbocycles. The fourth-order valence-electron chi connectivity index (χ4n) is 6.21. The molecule has 0 saturated carbocycles. The molecule has 0 radical (unpaired) electrons. The van der Waals surface area contributed by atoms with Gasteiger partial charge in [-0.15, -0.1) is 21.5 Å². The van der Waals surface area contributed by atoms with Gasteiger partial charge in [-0.1, -0.05) is 12.1 Å². The summed E-state index contributed by atoms with van der Waals surface area (Å²) < 4.78 is 14.6. The van der Waals surface area contributed by atoms with Crippen LogP contribution in [0.3, 0.4) is 0 Å². The molecule has 2 unspecified atom stereocenters. The largest absolute Gasteiger partial charge is 0.444 e. The summed E-state index contributed by atoms with van der Waals surface area (Å²) >= 11 is 1.61. The first-order chi connectivity index (χ1) is 19.8. The summed E-state index contributed by atoms with van der Waals surface area (Å²) in [6.45, 7) is 8.82. The van der Waals surface area contributed by atoms with Crippen molar-refractivity contribution < 1.29 is 14.3 Å². The van der Waals surface area contributed by atoms with Crippen molar-refractivity contribution >= 4 is 33.5 Å². The number of ether oxygens (including phenoxy) is 2. The average Bonchev–Trinajstić information content (AvgIpc) is 3.72. The topological polar surface area (TPSA) is 98.5 Å². The molecule has 0 bridgehead atoms. The van der Waals surface area contributed by atoms with Gasteiger partial charge in [0.05, 0.1) is 33.2 Å². The van der Waals surface area contributed by atoms with Crippen molar-refractivity contribution in [2.45, 2.75) is 70.2 Å². The Bertz CT molecular complexity index is 1570. The molecule has 2 atom stereocenters. The van der Waals surface area contributed by atoms with Crippen molar-refractivity contribution in [3.8, 4) is 22.4 Å². The zero-order valence-corrected chi connectivity index (χ0v) is 24.6. The van der Waals surface area contributed by atoms with E-state index < -0.39 is 5.60 Å². The zero-order chi connectivity index (χ0) is 28.2. The van der Waals surface area contributed by atoms with Crippen molar-refractivity contribution in [1.29, 1.82) is 0 Å². The van der Waals surface area contributed by atoms with Gasteiger partial charge in [-0.05, 0) is 65.0 Å². The molecule has 3 aliphatic rings. The van der Waals surface area contributed by atoms with Gasteiger partial charge in [-0.3, -0.25) is 0 Å². The predicted molar refractivity (Wildman–Crippen MR) is 158 cm³/mol. The fraction of sp³-hybridized carbons (Fsp3) is 0.500. The minimum atomic E-state index is -0.499. The number of nitrogens with zero attached hydrogens (tertiary/aromatic N) is 7. The standard InChI is InChI=1S/C30H35N7O3S/c1-29(2,3)40-28(38)36-14-12-30(36)11-13-35(18-30)24-10-9-23(33-34-24)22-8-7-21(26-27(22)41-19-31-26)20-16-32-37(17-20)25-6-4-5-15-39-25/h7-10,16-17,19,25H,4-6,11-15,18H2,1-3H3. The Kier molecular flexibility index (Phi) is 6.46. The first-order valence-electron chi connectivity index (χ1n) is 14.4. The molecule has 6 heterocycles. The third-order valence-corrected chi connectivity index (χ3v) is 9.28. The summed E-state index contributed by atoms with van der Waals surface area (Å²) in [5.74, 6) is 0.830. The van der Waals surface area contributed by atoms with Crippen LogP contribution in [0.25, 0.3) is 32.6 Å². The fourth-order valence-corrected chi connectivity index (χ4v) is 7.05. The Morgan fingerprint density at radius 3 is 2.68 bits per heavy atom. The third kappa shape index (κ3) is 4.84. The lowest BCUT2D eigenvalue weighted by Gasteiger charge is -2.50. The van der Waals surface area contributed by atoms with Gasteiger partial charge in [-0.25, -0.2) is 14.5 Å². The summed E-state index contributed by atoms with van der Waals surface area (Å²) in [5, 5.41) is 13.8.